The van der Waals surface area contributed by atoms with E-state index in [0.29, 0.717) is 42.7 Å². The van der Waals surface area contributed by atoms with Crippen LogP contribution < -0.4 is 0 Å². The lowest BCUT2D eigenvalue weighted by molar-refractivity contribution is -0.132. The second-order valence-electron chi connectivity index (χ2n) is 8.08. The van der Waals surface area contributed by atoms with Crippen LogP contribution in [-0.4, -0.2) is 62.1 Å². The highest BCUT2D eigenvalue weighted by Gasteiger charge is 2.28. The van der Waals surface area contributed by atoms with Crippen LogP contribution in [0.2, 0.25) is 0 Å². The fraction of sp³-hybridized carbons (Fsp3) is 0.250. The molecule has 0 spiro atoms. The van der Waals surface area contributed by atoms with Gasteiger partial charge in [0, 0.05) is 31.6 Å². The third-order valence-corrected chi connectivity index (χ3v) is 6.80. The number of aromatic nitrogens is 4. The number of carbonyl (C=O) groups excluding carboxylic acids is 1. The van der Waals surface area contributed by atoms with Gasteiger partial charge >= 0.3 is 0 Å². The number of piperazine rings is 1. The lowest BCUT2D eigenvalue weighted by Gasteiger charge is -2.39. The Labute approximate surface area is 199 Å². The van der Waals surface area contributed by atoms with Gasteiger partial charge in [-0.05, 0) is 35.4 Å². The Morgan fingerprint density at radius 2 is 1.59 bits per heavy atom. The highest BCUT2D eigenvalue weighted by atomic mass is 32.1. The maximum atomic E-state index is 13.5. The van der Waals surface area contributed by atoms with E-state index in [1.807, 2.05) is 10.3 Å². The van der Waals surface area contributed by atoms with Crippen molar-refractivity contribution in [3.8, 4) is 10.8 Å². The Hall–Kier alpha value is -3.50. The number of benzene rings is 2. The van der Waals surface area contributed by atoms with Gasteiger partial charge in [-0.2, -0.15) is 5.10 Å². The van der Waals surface area contributed by atoms with Crippen LogP contribution in [0, 0.1) is 11.6 Å². The normalized spacial score (nSPS) is 14.6. The number of nitrogens with one attached hydrogen (secondary N) is 1. The predicted octanol–water partition coefficient (Wildman–Crippen LogP) is 3.68. The number of H-pyrrole nitrogens is 1. The van der Waals surface area contributed by atoms with Crippen LogP contribution in [0.5, 0.6) is 0 Å². The summed E-state index contributed by atoms with van der Waals surface area (Å²) in [6.07, 6.45) is 1.65. The molecule has 0 atom stereocenters. The molecule has 10 heteroatoms. The van der Waals surface area contributed by atoms with Crippen LogP contribution in [0.4, 0.5) is 8.78 Å². The summed E-state index contributed by atoms with van der Waals surface area (Å²) in [5.74, 6) is 0.00943. The summed E-state index contributed by atoms with van der Waals surface area (Å²) >= 11 is 1.42. The molecular weight excluding hydrogens is 458 g/mol. The number of halogens is 2. The molecule has 3 heterocycles. The fourth-order valence-corrected chi connectivity index (χ4v) is 4.97. The van der Waals surface area contributed by atoms with Crippen LogP contribution >= 0.6 is 11.3 Å². The highest BCUT2D eigenvalue weighted by molar-refractivity contribution is 7.13. The molecule has 2 aromatic carbocycles. The summed E-state index contributed by atoms with van der Waals surface area (Å²) in [4.78, 5) is 25.6. The van der Waals surface area contributed by atoms with E-state index in [1.165, 1.54) is 41.9 Å². The predicted molar refractivity (Wildman–Crippen MR) is 124 cm³/mol. The first-order chi connectivity index (χ1) is 16.6. The van der Waals surface area contributed by atoms with Crippen LogP contribution in [0.3, 0.4) is 0 Å². The number of carbonyl (C=O) groups is 1. The SMILES string of the molecule is O=C(Cc1csc(-c2ncn[nH]2)n1)N1CCN(C(c2ccc(F)cc2)c2ccc(F)cc2)CC1. The van der Waals surface area contributed by atoms with E-state index in [2.05, 4.69) is 25.1 Å². The number of hydrogen-bond acceptors (Lipinski definition) is 6. The van der Waals surface area contributed by atoms with Gasteiger partial charge in [0.1, 0.15) is 18.0 Å². The van der Waals surface area contributed by atoms with E-state index in [0.717, 1.165) is 11.1 Å². The van der Waals surface area contributed by atoms with Crippen LogP contribution in [0.15, 0.2) is 60.2 Å². The van der Waals surface area contributed by atoms with Gasteiger partial charge in [0.2, 0.25) is 5.91 Å². The van der Waals surface area contributed by atoms with Crippen LogP contribution in [0.25, 0.3) is 10.8 Å². The standard InChI is InChI=1S/C24H22F2N6OS/c25-18-5-1-16(2-6-18)22(17-3-7-19(26)8-4-17)32-11-9-31(10-12-32)21(33)13-20-14-34-24(29-20)23-27-15-28-30-23/h1-8,14-15,22H,9-13H2,(H,27,28,30). The molecule has 1 N–H and O–H groups in total. The minimum Gasteiger partial charge on any atom is -0.340 e. The Morgan fingerprint density at radius 3 is 2.15 bits per heavy atom. The van der Waals surface area contributed by atoms with Crippen molar-refractivity contribution < 1.29 is 13.6 Å². The molecule has 1 amide bonds. The Morgan fingerprint density at radius 1 is 0.971 bits per heavy atom. The monoisotopic (exact) mass is 480 g/mol. The minimum atomic E-state index is -0.300. The molecule has 0 unspecified atom stereocenters. The molecule has 0 radical (unpaired) electrons. The van der Waals surface area contributed by atoms with Crippen molar-refractivity contribution in [3.05, 3.63) is 88.7 Å². The molecular formula is C24H22F2N6OS. The van der Waals surface area contributed by atoms with Gasteiger partial charge < -0.3 is 4.90 Å². The smallest absolute Gasteiger partial charge is 0.228 e. The number of aromatic amines is 1. The molecule has 1 aliphatic rings. The summed E-state index contributed by atoms with van der Waals surface area (Å²) in [6, 6.07) is 12.6. The molecule has 0 bridgehead atoms. The maximum absolute atomic E-state index is 13.5. The zero-order chi connectivity index (χ0) is 23.5. The van der Waals surface area contributed by atoms with Gasteiger partial charge in [-0.25, -0.2) is 18.7 Å². The van der Waals surface area contributed by atoms with Crippen molar-refractivity contribution in [1.82, 2.24) is 30.0 Å². The molecule has 0 aliphatic carbocycles. The summed E-state index contributed by atoms with van der Waals surface area (Å²) in [6.45, 7) is 2.42. The average molecular weight is 481 g/mol. The van der Waals surface area contributed by atoms with Gasteiger partial charge in [0.25, 0.3) is 0 Å². The summed E-state index contributed by atoms with van der Waals surface area (Å²) in [7, 11) is 0. The minimum absolute atomic E-state index is 0.0224. The topological polar surface area (TPSA) is 78.0 Å². The molecule has 0 saturated carbocycles. The average Bonchev–Trinajstić information content (AvgIpc) is 3.54. The lowest BCUT2D eigenvalue weighted by atomic mass is 9.96. The molecule has 2 aromatic heterocycles. The Bertz CT molecular complexity index is 1190. The summed E-state index contributed by atoms with van der Waals surface area (Å²) < 4.78 is 27.1. The van der Waals surface area contributed by atoms with E-state index >= 15 is 0 Å². The van der Waals surface area contributed by atoms with E-state index in [9.17, 15) is 13.6 Å². The number of amides is 1. The number of rotatable bonds is 6. The Balaban J connectivity index is 1.26. The van der Waals surface area contributed by atoms with Crippen molar-refractivity contribution in [2.24, 2.45) is 0 Å². The first kappa shape index (κ1) is 22.3. The largest absolute Gasteiger partial charge is 0.340 e. The van der Waals surface area contributed by atoms with E-state index < -0.39 is 0 Å². The van der Waals surface area contributed by atoms with Crippen LogP contribution in [0.1, 0.15) is 22.9 Å². The number of hydrogen-bond donors (Lipinski definition) is 1. The number of thiazole rings is 1. The number of nitrogens with zero attached hydrogens (tertiary/aromatic N) is 5. The van der Waals surface area contributed by atoms with Gasteiger partial charge in [-0.1, -0.05) is 24.3 Å². The molecule has 34 heavy (non-hydrogen) atoms. The first-order valence-corrected chi connectivity index (χ1v) is 11.8. The molecule has 1 saturated heterocycles. The lowest BCUT2D eigenvalue weighted by Crippen LogP contribution is -2.50. The van der Waals surface area contributed by atoms with Gasteiger partial charge in [0.05, 0.1) is 18.2 Å². The molecule has 1 fully saturated rings. The van der Waals surface area contributed by atoms with E-state index in [1.54, 1.807) is 24.3 Å². The van der Waals surface area contributed by atoms with Gasteiger partial charge in [-0.3, -0.25) is 14.8 Å². The second-order valence-corrected chi connectivity index (χ2v) is 8.94. The van der Waals surface area contributed by atoms with Crippen molar-refractivity contribution in [2.75, 3.05) is 26.2 Å². The van der Waals surface area contributed by atoms with E-state index in [4.69, 9.17) is 0 Å². The Kier molecular flexibility index (Phi) is 6.41. The van der Waals surface area contributed by atoms with E-state index in [-0.39, 0.29) is 30.0 Å². The molecule has 7 nitrogen and oxygen atoms in total. The highest BCUT2D eigenvalue weighted by Crippen LogP contribution is 2.30. The van der Waals surface area contributed by atoms with Crippen molar-refractivity contribution in [2.45, 2.75) is 12.5 Å². The first-order valence-electron chi connectivity index (χ1n) is 10.9. The van der Waals surface area contributed by atoms with Crippen molar-refractivity contribution >= 4 is 17.2 Å². The quantitative estimate of drug-likeness (QED) is 0.456. The third-order valence-electron chi connectivity index (χ3n) is 5.91. The van der Waals surface area contributed by atoms with Crippen LogP contribution in [-0.2, 0) is 11.2 Å². The summed E-state index contributed by atoms with van der Waals surface area (Å²) in [5.41, 5.74) is 2.56. The molecule has 4 aromatic rings. The molecule has 174 valence electrons. The van der Waals surface area contributed by atoms with Gasteiger partial charge in [0.15, 0.2) is 10.8 Å². The van der Waals surface area contributed by atoms with Crippen molar-refractivity contribution in [1.29, 1.82) is 0 Å². The van der Waals surface area contributed by atoms with Crippen molar-refractivity contribution in [3.63, 3.8) is 0 Å². The zero-order valence-corrected chi connectivity index (χ0v) is 19.0. The molecule has 1 aliphatic heterocycles. The maximum Gasteiger partial charge on any atom is 0.228 e. The second kappa shape index (κ2) is 9.78. The fourth-order valence-electron chi connectivity index (χ4n) is 4.21. The molecule has 5 rings (SSSR count). The third kappa shape index (κ3) is 4.87. The summed E-state index contributed by atoms with van der Waals surface area (Å²) in [5, 5.41) is 9.17. The van der Waals surface area contributed by atoms with Gasteiger partial charge in [-0.15, -0.1) is 11.3 Å². The zero-order valence-electron chi connectivity index (χ0n) is 18.2.